The first kappa shape index (κ1) is 37.4. The molecule has 3 heteroatoms. The largest absolute Gasteiger partial charge is 0.309 e. The van der Waals surface area contributed by atoms with Crippen LogP contribution in [0.1, 0.15) is 27.8 Å². The second-order valence-electron chi connectivity index (χ2n) is 14.6. The van der Waals surface area contributed by atoms with Gasteiger partial charge in [0, 0.05) is 32.7 Å². The summed E-state index contributed by atoms with van der Waals surface area (Å²) in [7, 11) is 0. The topological polar surface area (TPSA) is 8.17 Å². The van der Waals surface area contributed by atoms with Crippen molar-refractivity contribution in [2.75, 3.05) is 4.90 Å². The van der Waals surface area contributed by atoms with Crippen LogP contribution in [-0.4, -0.2) is 4.57 Å². The molecule has 0 radical (unpaired) electrons. The summed E-state index contributed by atoms with van der Waals surface area (Å²) in [6.07, 6.45) is 10.2. The van der Waals surface area contributed by atoms with Crippen LogP contribution in [0.4, 0.5) is 11.4 Å². The molecule has 2 heterocycles. The molecule has 0 unspecified atom stereocenters. The van der Waals surface area contributed by atoms with Gasteiger partial charge in [0.1, 0.15) is 0 Å². The van der Waals surface area contributed by atoms with Gasteiger partial charge in [0.25, 0.3) is 0 Å². The molecular formula is C56H44N2S. The highest BCUT2D eigenvalue weighted by molar-refractivity contribution is 7.14. The van der Waals surface area contributed by atoms with Crippen LogP contribution in [-0.2, 0) is 0 Å². The Balaban J connectivity index is 1.07. The Kier molecular flexibility index (Phi) is 10.4. The van der Waals surface area contributed by atoms with Crippen molar-refractivity contribution in [1.29, 1.82) is 0 Å². The second-order valence-corrected chi connectivity index (χ2v) is 15.7. The van der Waals surface area contributed by atoms with Crippen LogP contribution in [0, 0.1) is 6.92 Å². The van der Waals surface area contributed by atoms with E-state index < -0.39 is 0 Å². The summed E-state index contributed by atoms with van der Waals surface area (Å²) < 4.78 is 2.36. The van der Waals surface area contributed by atoms with Crippen molar-refractivity contribution in [2.24, 2.45) is 0 Å². The molecule has 0 amide bonds. The van der Waals surface area contributed by atoms with Crippen molar-refractivity contribution in [2.45, 2.75) is 13.8 Å². The lowest BCUT2D eigenvalue weighted by Crippen LogP contribution is -2.15. The number of benzene rings is 7. The summed E-state index contributed by atoms with van der Waals surface area (Å²) in [5.41, 5.74) is 16.3. The zero-order valence-electron chi connectivity index (χ0n) is 33.3. The van der Waals surface area contributed by atoms with Gasteiger partial charge in [-0.3, -0.25) is 0 Å². The third kappa shape index (κ3) is 7.07. The maximum Gasteiger partial charge on any atom is 0.0636 e. The lowest BCUT2D eigenvalue weighted by molar-refractivity contribution is 1.18. The number of hydrogen-bond acceptors (Lipinski definition) is 2. The fourth-order valence-corrected chi connectivity index (χ4v) is 9.37. The van der Waals surface area contributed by atoms with E-state index in [9.17, 15) is 0 Å². The number of para-hydroxylation sites is 2. The number of hydrogen-bond donors (Lipinski definition) is 0. The molecule has 284 valence electrons. The van der Waals surface area contributed by atoms with Gasteiger partial charge in [0.05, 0.1) is 21.6 Å². The molecule has 0 aliphatic heterocycles. The van der Waals surface area contributed by atoms with Crippen molar-refractivity contribution in [3.05, 3.63) is 228 Å². The van der Waals surface area contributed by atoms with Crippen molar-refractivity contribution < 1.29 is 0 Å². The maximum atomic E-state index is 4.16. The van der Waals surface area contributed by atoms with Gasteiger partial charge in [-0.1, -0.05) is 159 Å². The molecule has 0 atom stereocenters. The molecule has 0 aliphatic rings. The Morgan fingerprint density at radius 1 is 0.559 bits per heavy atom. The fourth-order valence-electron chi connectivity index (χ4n) is 8.21. The van der Waals surface area contributed by atoms with Crippen molar-refractivity contribution >= 4 is 62.4 Å². The van der Waals surface area contributed by atoms with Crippen LogP contribution in [0.2, 0.25) is 0 Å². The van der Waals surface area contributed by atoms with Crippen LogP contribution in [0.15, 0.2) is 207 Å². The summed E-state index contributed by atoms with van der Waals surface area (Å²) in [6, 6.07) is 63.4. The van der Waals surface area contributed by atoms with Crippen LogP contribution in [0.3, 0.4) is 0 Å². The van der Waals surface area contributed by atoms with Gasteiger partial charge in [-0.15, -0.1) is 11.3 Å². The van der Waals surface area contributed by atoms with E-state index >= 15 is 0 Å². The normalized spacial score (nSPS) is 11.7. The van der Waals surface area contributed by atoms with Crippen molar-refractivity contribution in [3.63, 3.8) is 0 Å². The molecule has 7 aromatic carbocycles. The molecule has 0 fully saturated rings. The van der Waals surface area contributed by atoms with E-state index in [1.807, 2.05) is 12.2 Å². The second kappa shape index (κ2) is 16.3. The minimum atomic E-state index is 1.06. The molecule has 9 aromatic rings. The molecule has 0 spiro atoms. The first-order valence-corrected chi connectivity index (χ1v) is 20.8. The molecule has 9 rings (SSSR count). The summed E-state index contributed by atoms with van der Waals surface area (Å²) in [4.78, 5) is 4.68. The molecule has 0 saturated carbocycles. The lowest BCUT2D eigenvalue weighted by Gasteiger charge is -2.28. The number of aromatic nitrogens is 1. The number of allylic oxidation sites excluding steroid dienone is 3. The highest BCUT2D eigenvalue weighted by Crippen LogP contribution is 2.43. The van der Waals surface area contributed by atoms with Gasteiger partial charge in [-0.05, 0) is 119 Å². The Hall–Kier alpha value is -7.20. The monoisotopic (exact) mass is 776 g/mol. The lowest BCUT2D eigenvalue weighted by atomic mass is 9.98. The maximum absolute atomic E-state index is 4.16. The average Bonchev–Trinajstić information content (AvgIpc) is 3.80. The van der Waals surface area contributed by atoms with Gasteiger partial charge in [0.15, 0.2) is 0 Å². The summed E-state index contributed by atoms with van der Waals surface area (Å²) >= 11 is 1.76. The third-order valence-electron chi connectivity index (χ3n) is 11.1. The van der Waals surface area contributed by atoms with Gasteiger partial charge < -0.3 is 9.47 Å². The van der Waals surface area contributed by atoms with Crippen LogP contribution in [0.5, 0.6) is 0 Å². The molecule has 59 heavy (non-hydrogen) atoms. The predicted molar refractivity (Wildman–Crippen MR) is 258 cm³/mol. The predicted octanol–water partition coefficient (Wildman–Crippen LogP) is 16.2. The van der Waals surface area contributed by atoms with Gasteiger partial charge in [-0.2, -0.15) is 0 Å². The molecule has 0 N–H and O–H groups in total. The van der Waals surface area contributed by atoms with E-state index in [1.54, 1.807) is 11.3 Å². The first-order chi connectivity index (χ1) is 29.1. The highest BCUT2D eigenvalue weighted by atomic mass is 32.1. The minimum Gasteiger partial charge on any atom is -0.309 e. The number of thiophene rings is 1. The summed E-state index contributed by atoms with van der Waals surface area (Å²) in [6.45, 7) is 12.6. The van der Waals surface area contributed by atoms with E-state index in [-0.39, 0.29) is 0 Å². The Labute approximate surface area is 351 Å². The minimum absolute atomic E-state index is 1.06. The van der Waals surface area contributed by atoms with E-state index in [0.717, 1.165) is 27.5 Å². The van der Waals surface area contributed by atoms with Crippen LogP contribution in [0.25, 0.3) is 78.7 Å². The van der Waals surface area contributed by atoms with Gasteiger partial charge in [-0.25, -0.2) is 0 Å². The first-order valence-electron chi connectivity index (χ1n) is 20.0. The molecule has 0 aliphatic carbocycles. The zero-order valence-corrected chi connectivity index (χ0v) is 34.2. The SMILES string of the molecule is C=C/C=C(\c1sc(C=C)c(/C=C\C)c1C)N(c1ccc(-c2ccccc2)cc1)c1ccc(-c2ccc(-c3ccc4c(c3)c3ccccc3n4-c3ccccc3)cc2)cc1. The van der Waals surface area contributed by atoms with E-state index in [4.69, 9.17) is 0 Å². The van der Waals surface area contributed by atoms with Crippen LogP contribution >= 0.6 is 11.3 Å². The van der Waals surface area contributed by atoms with Gasteiger partial charge in [0.2, 0.25) is 0 Å². The van der Waals surface area contributed by atoms with Gasteiger partial charge >= 0.3 is 0 Å². The average molecular weight is 777 g/mol. The fraction of sp³-hybridized carbons (Fsp3) is 0.0357. The zero-order chi connectivity index (χ0) is 40.3. The highest BCUT2D eigenvalue weighted by Gasteiger charge is 2.22. The smallest absolute Gasteiger partial charge is 0.0636 e. The van der Waals surface area contributed by atoms with E-state index in [1.165, 1.54) is 71.3 Å². The summed E-state index contributed by atoms with van der Waals surface area (Å²) in [5.74, 6) is 0. The Morgan fingerprint density at radius 3 is 1.66 bits per heavy atom. The Bertz CT molecular complexity index is 3000. The Morgan fingerprint density at radius 2 is 1.07 bits per heavy atom. The number of fused-ring (bicyclic) bond motifs is 3. The molecular weight excluding hydrogens is 733 g/mol. The summed E-state index contributed by atoms with van der Waals surface area (Å²) in [5, 5.41) is 2.51. The molecule has 2 nitrogen and oxygen atoms in total. The number of nitrogens with zero attached hydrogens (tertiary/aromatic N) is 2. The van der Waals surface area contributed by atoms with Crippen molar-refractivity contribution in [1.82, 2.24) is 4.57 Å². The van der Waals surface area contributed by atoms with E-state index in [0.29, 0.717) is 0 Å². The van der Waals surface area contributed by atoms with Crippen LogP contribution < -0.4 is 4.90 Å². The molecule has 0 bridgehead atoms. The molecule has 0 saturated heterocycles. The third-order valence-corrected chi connectivity index (χ3v) is 12.4. The number of rotatable bonds is 11. The van der Waals surface area contributed by atoms with E-state index in [2.05, 4.69) is 231 Å². The van der Waals surface area contributed by atoms with Crippen molar-refractivity contribution in [3.8, 4) is 39.1 Å². The number of anilines is 2. The quantitative estimate of drug-likeness (QED) is 0.119. The molecule has 2 aromatic heterocycles. The standard InChI is InChI=1S/C56H44N2S/c1-5-16-49-39(4)56(59-55(49)7-3)54(17-6-2)57(47-33-28-42(29-34-47)40-18-10-8-11-19-40)48-35-30-43(31-36-48)41-24-26-44(27-25-41)45-32-37-53-51(38-45)50-22-14-15-23-52(50)58(53)46-20-12-9-13-21-46/h5-38H,2-3H2,1,4H3/b16-5-,54-17+.